The highest BCUT2D eigenvalue weighted by Gasteiger charge is 2.31. The summed E-state index contributed by atoms with van der Waals surface area (Å²) < 4.78 is 4.22. The molecular weight excluding hydrogens is 314 g/mol. The molecule has 1 saturated heterocycles. The van der Waals surface area contributed by atoms with Crippen molar-refractivity contribution in [2.24, 2.45) is 0 Å². The number of hydrogen-bond acceptors (Lipinski definition) is 3. The maximum absolute atomic E-state index is 12.8. The monoisotopic (exact) mass is 341 g/mol. The normalized spacial score (nSPS) is 21.4. The summed E-state index contributed by atoms with van der Waals surface area (Å²) in [6, 6.07) is 2.17. The predicted octanol–water partition coefficient (Wildman–Crippen LogP) is 3.15. The van der Waals surface area contributed by atoms with Crippen molar-refractivity contribution in [1.29, 1.82) is 0 Å². The van der Waals surface area contributed by atoms with Gasteiger partial charge in [0.15, 0.2) is 0 Å². The number of aryl methyl sites for hydroxylation is 2. The number of amides is 1. The molecule has 2 aliphatic rings. The first kappa shape index (κ1) is 16.4. The molecule has 134 valence electrons. The minimum absolute atomic E-state index is 0.0554. The average molecular weight is 341 g/mol. The van der Waals surface area contributed by atoms with Crippen molar-refractivity contribution < 1.29 is 4.79 Å². The van der Waals surface area contributed by atoms with Crippen LogP contribution >= 0.6 is 0 Å². The van der Waals surface area contributed by atoms with Crippen LogP contribution in [-0.2, 0) is 6.54 Å². The van der Waals surface area contributed by atoms with Gasteiger partial charge in [-0.2, -0.15) is 5.10 Å². The van der Waals surface area contributed by atoms with Gasteiger partial charge in [0.05, 0.1) is 6.04 Å². The van der Waals surface area contributed by atoms with Crippen molar-refractivity contribution in [3.8, 4) is 0 Å². The van der Waals surface area contributed by atoms with Gasteiger partial charge in [0.25, 0.3) is 5.91 Å². The van der Waals surface area contributed by atoms with Gasteiger partial charge in [0.2, 0.25) is 0 Å². The number of imidazole rings is 1. The summed E-state index contributed by atoms with van der Waals surface area (Å²) in [6.07, 6.45) is 9.84. The molecule has 1 unspecified atom stereocenters. The highest BCUT2D eigenvalue weighted by molar-refractivity contribution is 5.92. The van der Waals surface area contributed by atoms with Gasteiger partial charge in [0, 0.05) is 43.6 Å². The van der Waals surface area contributed by atoms with Gasteiger partial charge in [-0.25, -0.2) is 4.98 Å². The first-order chi connectivity index (χ1) is 12.2. The number of nitrogens with zero attached hydrogens (tertiary/aromatic N) is 5. The first-order valence-corrected chi connectivity index (χ1v) is 9.53. The van der Waals surface area contributed by atoms with Crippen LogP contribution in [0.4, 0.5) is 0 Å². The van der Waals surface area contributed by atoms with E-state index in [4.69, 9.17) is 4.98 Å². The van der Waals surface area contributed by atoms with Gasteiger partial charge < -0.3 is 9.47 Å². The molecule has 0 aromatic carbocycles. The fraction of sp³-hybridized carbons (Fsp3) is 0.632. The maximum atomic E-state index is 12.8. The Bertz CT molecular complexity index is 758. The van der Waals surface area contributed by atoms with Crippen LogP contribution in [0.1, 0.15) is 73.0 Å². The van der Waals surface area contributed by atoms with E-state index in [1.807, 2.05) is 35.0 Å². The highest BCUT2D eigenvalue weighted by Crippen LogP contribution is 2.38. The van der Waals surface area contributed by atoms with Crippen molar-refractivity contribution in [2.45, 2.75) is 64.5 Å². The SMILES string of the molecule is CCn1ccc(C(=O)N2CCCC(n3c(C)cnc3C3CCC3)C2)n1. The van der Waals surface area contributed by atoms with Crippen molar-refractivity contribution in [3.05, 3.63) is 35.7 Å². The second-order valence-electron chi connectivity index (χ2n) is 7.36. The zero-order valence-electron chi connectivity index (χ0n) is 15.2. The van der Waals surface area contributed by atoms with Gasteiger partial charge in [-0.15, -0.1) is 0 Å². The predicted molar refractivity (Wildman–Crippen MR) is 95.6 cm³/mol. The molecular formula is C19H27N5O. The summed E-state index contributed by atoms with van der Waals surface area (Å²) >= 11 is 0. The number of hydrogen-bond donors (Lipinski definition) is 0. The number of rotatable bonds is 4. The minimum Gasteiger partial charge on any atom is -0.335 e. The first-order valence-electron chi connectivity index (χ1n) is 9.53. The van der Waals surface area contributed by atoms with Crippen LogP contribution in [-0.4, -0.2) is 43.2 Å². The van der Waals surface area contributed by atoms with Crippen LogP contribution in [0.2, 0.25) is 0 Å². The van der Waals surface area contributed by atoms with Crippen LogP contribution in [0.15, 0.2) is 18.5 Å². The molecule has 6 nitrogen and oxygen atoms in total. The van der Waals surface area contributed by atoms with Crippen LogP contribution < -0.4 is 0 Å². The fourth-order valence-electron chi connectivity index (χ4n) is 4.07. The zero-order valence-corrected chi connectivity index (χ0v) is 15.2. The van der Waals surface area contributed by atoms with E-state index in [1.165, 1.54) is 30.8 Å². The van der Waals surface area contributed by atoms with Crippen molar-refractivity contribution in [2.75, 3.05) is 13.1 Å². The molecule has 1 saturated carbocycles. The standard InChI is InChI=1S/C19H27N5O/c1-3-23-11-9-17(21-23)19(25)22-10-5-8-16(13-22)24-14(2)12-20-18(24)15-6-4-7-15/h9,11-12,15-16H,3-8,10,13H2,1-2H3. The lowest BCUT2D eigenvalue weighted by Crippen LogP contribution is -2.41. The van der Waals surface area contributed by atoms with Crippen molar-refractivity contribution >= 4 is 5.91 Å². The number of aromatic nitrogens is 4. The summed E-state index contributed by atoms with van der Waals surface area (Å²) in [5.41, 5.74) is 1.78. The molecule has 6 heteroatoms. The molecule has 1 atom stereocenters. The second-order valence-corrected chi connectivity index (χ2v) is 7.36. The van der Waals surface area contributed by atoms with Crippen molar-refractivity contribution in [1.82, 2.24) is 24.2 Å². The molecule has 2 aromatic heterocycles. The summed E-state index contributed by atoms with van der Waals surface area (Å²) in [5.74, 6) is 1.90. The van der Waals surface area contributed by atoms with E-state index >= 15 is 0 Å². The third kappa shape index (κ3) is 2.98. The topological polar surface area (TPSA) is 56.0 Å². The summed E-state index contributed by atoms with van der Waals surface area (Å²) in [7, 11) is 0. The van der Waals surface area contributed by atoms with Crippen LogP contribution in [0.5, 0.6) is 0 Å². The van der Waals surface area contributed by atoms with E-state index in [2.05, 4.69) is 16.6 Å². The Morgan fingerprint density at radius 1 is 1.28 bits per heavy atom. The second kappa shape index (κ2) is 6.65. The lowest BCUT2D eigenvalue weighted by molar-refractivity contribution is 0.0668. The smallest absolute Gasteiger partial charge is 0.274 e. The van der Waals surface area contributed by atoms with E-state index in [-0.39, 0.29) is 5.91 Å². The minimum atomic E-state index is 0.0554. The molecule has 0 radical (unpaired) electrons. The number of piperidine rings is 1. The molecule has 1 aliphatic heterocycles. The van der Waals surface area contributed by atoms with E-state index in [0.29, 0.717) is 17.7 Å². The van der Waals surface area contributed by atoms with Gasteiger partial charge in [-0.1, -0.05) is 6.42 Å². The molecule has 2 aromatic rings. The molecule has 2 fully saturated rings. The third-order valence-corrected chi connectivity index (χ3v) is 5.71. The Kier molecular flexibility index (Phi) is 4.36. The Labute approximate surface area is 148 Å². The molecule has 1 amide bonds. The average Bonchev–Trinajstić information content (AvgIpc) is 3.20. The molecule has 0 N–H and O–H groups in total. The van der Waals surface area contributed by atoms with Crippen molar-refractivity contribution in [3.63, 3.8) is 0 Å². The van der Waals surface area contributed by atoms with E-state index < -0.39 is 0 Å². The zero-order chi connectivity index (χ0) is 17.4. The highest BCUT2D eigenvalue weighted by atomic mass is 16.2. The van der Waals surface area contributed by atoms with Gasteiger partial charge in [-0.3, -0.25) is 9.48 Å². The summed E-state index contributed by atoms with van der Waals surface area (Å²) in [6.45, 7) is 6.53. The number of carbonyl (C=O) groups excluding carboxylic acids is 1. The summed E-state index contributed by atoms with van der Waals surface area (Å²) in [5, 5.41) is 4.38. The Morgan fingerprint density at radius 2 is 2.12 bits per heavy atom. The third-order valence-electron chi connectivity index (χ3n) is 5.71. The van der Waals surface area contributed by atoms with E-state index in [1.54, 1.807) is 0 Å². The van der Waals surface area contributed by atoms with E-state index in [9.17, 15) is 4.79 Å². The fourth-order valence-corrected chi connectivity index (χ4v) is 4.07. The van der Waals surface area contributed by atoms with Gasteiger partial charge in [-0.05, 0) is 45.6 Å². The molecule has 0 spiro atoms. The molecule has 3 heterocycles. The van der Waals surface area contributed by atoms with E-state index in [0.717, 1.165) is 32.5 Å². The molecule has 4 rings (SSSR count). The Balaban J connectivity index is 1.53. The lowest BCUT2D eigenvalue weighted by Gasteiger charge is -2.36. The largest absolute Gasteiger partial charge is 0.335 e. The maximum Gasteiger partial charge on any atom is 0.274 e. The molecule has 0 bridgehead atoms. The summed E-state index contributed by atoms with van der Waals surface area (Å²) in [4.78, 5) is 19.5. The van der Waals surface area contributed by atoms with Crippen LogP contribution in [0.3, 0.4) is 0 Å². The van der Waals surface area contributed by atoms with Crippen LogP contribution in [0, 0.1) is 6.92 Å². The molecule has 1 aliphatic carbocycles. The number of likely N-dealkylation sites (tertiary alicyclic amines) is 1. The molecule has 25 heavy (non-hydrogen) atoms. The Hall–Kier alpha value is -2.11. The van der Waals surface area contributed by atoms with Crippen LogP contribution in [0.25, 0.3) is 0 Å². The number of carbonyl (C=O) groups is 1. The quantitative estimate of drug-likeness (QED) is 0.858. The van der Waals surface area contributed by atoms with Gasteiger partial charge in [0.1, 0.15) is 11.5 Å². The van der Waals surface area contributed by atoms with Gasteiger partial charge >= 0.3 is 0 Å². The Morgan fingerprint density at radius 3 is 2.80 bits per heavy atom. The lowest BCUT2D eigenvalue weighted by atomic mass is 9.84.